The molecule has 3 nitrogen and oxygen atoms in total. The molecule has 1 aliphatic carbocycles. The summed E-state index contributed by atoms with van der Waals surface area (Å²) in [7, 11) is 0. The van der Waals surface area contributed by atoms with Gasteiger partial charge in [-0.05, 0) is 24.3 Å². The van der Waals surface area contributed by atoms with Crippen molar-refractivity contribution in [3.8, 4) is 0 Å². The van der Waals surface area contributed by atoms with Crippen molar-refractivity contribution >= 4 is 5.91 Å². The quantitative estimate of drug-likeness (QED) is 0.815. The van der Waals surface area contributed by atoms with Crippen molar-refractivity contribution in [1.82, 2.24) is 5.32 Å². The molecule has 0 bridgehead atoms. The number of carbonyl (C=O) groups is 1. The van der Waals surface area contributed by atoms with Gasteiger partial charge in [-0.2, -0.15) is 0 Å². The van der Waals surface area contributed by atoms with Gasteiger partial charge < -0.3 is 11.1 Å². The normalized spacial score (nSPS) is 17.2. The van der Waals surface area contributed by atoms with E-state index >= 15 is 0 Å². The molecule has 1 aliphatic rings. The average molecular weight is 232 g/mol. The fraction of sp³-hybridized carbons (Fsp3) is 0.500. The second-order valence-corrected chi connectivity index (χ2v) is 4.77. The lowest BCUT2D eigenvalue weighted by atomic mass is 9.83. The van der Waals surface area contributed by atoms with Crippen LogP contribution in [0.4, 0.5) is 0 Å². The summed E-state index contributed by atoms with van der Waals surface area (Å²) in [5.74, 6) is 0.734. The van der Waals surface area contributed by atoms with E-state index < -0.39 is 0 Å². The summed E-state index contributed by atoms with van der Waals surface area (Å²) in [6, 6.07) is 9.85. The van der Waals surface area contributed by atoms with Crippen LogP contribution in [0.1, 0.15) is 37.3 Å². The topological polar surface area (TPSA) is 55.1 Å². The molecule has 0 aromatic heterocycles. The zero-order valence-corrected chi connectivity index (χ0v) is 10.1. The summed E-state index contributed by atoms with van der Waals surface area (Å²) in [5, 5.41) is 3.02. The molecular formula is C14H20N2O. The molecule has 3 N–H and O–H groups in total. The molecule has 0 heterocycles. The molecule has 1 unspecified atom stereocenters. The molecule has 92 valence electrons. The maximum Gasteiger partial charge on any atom is 0.220 e. The monoisotopic (exact) mass is 232 g/mol. The molecule has 2 rings (SSSR count). The first-order chi connectivity index (χ1) is 8.29. The van der Waals surface area contributed by atoms with E-state index in [1.165, 1.54) is 19.3 Å². The summed E-state index contributed by atoms with van der Waals surface area (Å²) in [6.45, 7) is 0.445. The number of nitrogens with two attached hydrogens (primary N) is 1. The van der Waals surface area contributed by atoms with Gasteiger partial charge in [0.05, 0.1) is 6.04 Å². The standard InChI is InChI=1S/C14H20N2O/c15-10-13(12-7-2-1-3-8-12)16-14(17)9-11-5-4-6-11/h1-3,7-8,11,13H,4-6,9-10,15H2,(H,16,17). The van der Waals surface area contributed by atoms with Crippen LogP contribution in [0.15, 0.2) is 30.3 Å². The van der Waals surface area contributed by atoms with Crippen LogP contribution >= 0.6 is 0 Å². The second kappa shape index (κ2) is 5.82. The van der Waals surface area contributed by atoms with Crippen LogP contribution in [0.3, 0.4) is 0 Å². The third kappa shape index (κ3) is 3.30. The Balaban J connectivity index is 1.88. The Hall–Kier alpha value is -1.35. The second-order valence-electron chi connectivity index (χ2n) is 4.77. The molecule has 1 aromatic carbocycles. The van der Waals surface area contributed by atoms with Gasteiger partial charge in [0.25, 0.3) is 0 Å². The predicted octanol–water partition coefficient (Wildman–Crippen LogP) is 1.99. The minimum Gasteiger partial charge on any atom is -0.348 e. The SMILES string of the molecule is NCC(NC(=O)CC1CCC1)c1ccccc1. The summed E-state index contributed by atoms with van der Waals surface area (Å²) in [4.78, 5) is 11.8. The van der Waals surface area contributed by atoms with Crippen molar-refractivity contribution < 1.29 is 4.79 Å². The molecular weight excluding hydrogens is 212 g/mol. The van der Waals surface area contributed by atoms with Crippen LogP contribution in [0.25, 0.3) is 0 Å². The van der Waals surface area contributed by atoms with E-state index in [9.17, 15) is 4.79 Å². The lowest BCUT2D eigenvalue weighted by Crippen LogP contribution is -2.35. The highest BCUT2D eigenvalue weighted by Gasteiger charge is 2.22. The van der Waals surface area contributed by atoms with Gasteiger partial charge in [0.2, 0.25) is 5.91 Å². The van der Waals surface area contributed by atoms with Gasteiger partial charge in [-0.25, -0.2) is 0 Å². The van der Waals surface area contributed by atoms with E-state index in [0.29, 0.717) is 18.9 Å². The van der Waals surface area contributed by atoms with E-state index in [4.69, 9.17) is 5.73 Å². The van der Waals surface area contributed by atoms with Gasteiger partial charge in [0, 0.05) is 13.0 Å². The highest BCUT2D eigenvalue weighted by Crippen LogP contribution is 2.29. The molecule has 17 heavy (non-hydrogen) atoms. The number of hydrogen-bond acceptors (Lipinski definition) is 2. The van der Waals surface area contributed by atoms with Crippen molar-refractivity contribution in [1.29, 1.82) is 0 Å². The minimum absolute atomic E-state index is 0.0521. The number of hydrogen-bond donors (Lipinski definition) is 2. The molecule has 1 aromatic rings. The Morgan fingerprint density at radius 2 is 2.06 bits per heavy atom. The maximum absolute atomic E-state index is 11.8. The zero-order valence-electron chi connectivity index (χ0n) is 10.1. The highest BCUT2D eigenvalue weighted by molar-refractivity contribution is 5.76. The molecule has 0 spiro atoms. The van der Waals surface area contributed by atoms with Crippen molar-refractivity contribution in [2.45, 2.75) is 31.7 Å². The Bertz CT molecular complexity index is 360. The summed E-state index contributed by atoms with van der Waals surface area (Å²) >= 11 is 0. The Kier molecular flexibility index (Phi) is 4.15. The number of nitrogens with one attached hydrogen (secondary N) is 1. The smallest absolute Gasteiger partial charge is 0.220 e. The first kappa shape index (κ1) is 12.1. The van der Waals surface area contributed by atoms with Crippen molar-refractivity contribution in [2.75, 3.05) is 6.54 Å². The number of amides is 1. The Morgan fingerprint density at radius 1 is 1.35 bits per heavy atom. The molecule has 0 radical (unpaired) electrons. The Labute approximate surface area is 102 Å². The van der Waals surface area contributed by atoms with E-state index in [0.717, 1.165) is 5.56 Å². The average Bonchev–Trinajstić information content (AvgIpc) is 2.32. The van der Waals surface area contributed by atoms with E-state index in [2.05, 4.69) is 5.32 Å². The van der Waals surface area contributed by atoms with Crippen LogP contribution in [-0.4, -0.2) is 12.5 Å². The van der Waals surface area contributed by atoms with Gasteiger partial charge in [-0.3, -0.25) is 4.79 Å². The van der Waals surface area contributed by atoms with Crippen LogP contribution in [0.2, 0.25) is 0 Å². The predicted molar refractivity (Wildman–Crippen MR) is 68.3 cm³/mol. The van der Waals surface area contributed by atoms with Crippen molar-refractivity contribution in [2.24, 2.45) is 11.7 Å². The molecule has 0 saturated heterocycles. The first-order valence-corrected chi connectivity index (χ1v) is 6.34. The first-order valence-electron chi connectivity index (χ1n) is 6.34. The fourth-order valence-corrected chi connectivity index (χ4v) is 2.18. The molecule has 1 atom stereocenters. The number of rotatable bonds is 5. The Morgan fingerprint density at radius 3 is 2.59 bits per heavy atom. The van der Waals surface area contributed by atoms with E-state index in [1.54, 1.807) is 0 Å². The third-order valence-corrected chi connectivity index (χ3v) is 3.47. The molecule has 1 fully saturated rings. The van der Waals surface area contributed by atoms with Crippen LogP contribution < -0.4 is 11.1 Å². The lowest BCUT2D eigenvalue weighted by Gasteiger charge is -2.26. The summed E-state index contributed by atoms with van der Waals surface area (Å²) in [5.41, 5.74) is 6.80. The molecule has 1 amide bonds. The zero-order chi connectivity index (χ0) is 12.1. The molecule has 1 saturated carbocycles. The van der Waals surface area contributed by atoms with Crippen molar-refractivity contribution in [3.63, 3.8) is 0 Å². The maximum atomic E-state index is 11.8. The van der Waals surface area contributed by atoms with E-state index in [-0.39, 0.29) is 11.9 Å². The highest BCUT2D eigenvalue weighted by atomic mass is 16.1. The minimum atomic E-state index is -0.0521. The number of carbonyl (C=O) groups excluding carboxylic acids is 1. The fourth-order valence-electron chi connectivity index (χ4n) is 2.18. The van der Waals surface area contributed by atoms with Gasteiger partial charge >= 0.3 is 0 Å². The molecule has 0 aliphatic heterocycles. The van der Waals surface area contributed by atoms with E-state index in [1.807, 2.05) is 30.3 Å². The summed E-state index contributed by atoms with van der Waals surface area (Å²) < 4.78 is 0. The number of benzene rings is 1. The largest absolute Gasteiger partial charge is 0.348 e. The lowest BCUT2D eigenvalue weighted by molar-refractivity contribution is -0.123. The summed E-state index contributed by atoms with van der Waals surface area (Å²) in [6.07, 6.45) is 4.33. The van der Waals surface area contributed by atoms with Crippen molar-refractivity contribution in [3.05, 3.63) is 35.9 Å². The third-order valence-electron chi connectivity index (χ3n) is 3.47. The van der Waals surface area contributed by atoms with Gasteiger partial charge in [0.1, 0.15) is 0 Å². The van der Waals surface area contributed by atoms with Gasteiger partial charge in [-0.1, -0.05) is 36.8 Å². The molecule has 3 heteroatoms. The van der Waals surface area contributed by atoms with Gasteiger partial charge in [0.15, 0.2) is 0 Å². The van der Waals surface area contributed by atoms with Crippen LogP contribution in [0, 0.1) is 5.92 Å². The van der Waals surface area contributed by atoms with Gasteiger partial charge in [-0.15, -0.1) is 0 Å². The van der Waals surface area contributed by atoms with Crippen LogP contribution in [-0.2, 0) is 4.79 Å². The van der Waals surface area contributed by atoms with Crippen LogP contribution in [0.5, 0.6) is 0 Å².